The van der Waals surface area contributed by atoms with Gasteiger partial charge in [0, 0.05) is 12.6 Å². The molecule has 15 heavy (non-hydrogen) atoms. The summed E-state index contributed by atoms with van der Waals surface area (Å²) in [6, 6.07) is 0.208. The first-order valence-electron chi connectivity index (χ1n) is 5.38. The Morgan fingerprint density at radius 1 is 1.47 bits per heavy atom. The Hall–Kier alpha value is -1.10. The number of nitrogens with one attached hydrogen (secondary N) is 1. The summed E-state index contributed by atoms with van der Waals surface area (Å²) in [6.45, 7) is 3.04. The van der Waals surface area contributed by atoms with Crippen LogP contribution < -0.4 is 5.32 Å². The molecule has 1 heterocycles. The van der Waals surface area contributed by atoms with Crippen LogP contribution in [0.5, 0.6) is 0 Å². The molecule has 0 bridgehead atoms. The van der Waals surface area contributed by atoms with E-state index in [1.54, 1.807) is 4.90 Å². The molecule has 0 aromatic rings. The first-order chi connectivity index (χ1) is 7.20. The van der Waals surface area contributed by atoms with Crippen molar-refractivity contribution in [3.8, 4) is 0 Å². The predicted octanol–water partition coefficient (Wildman–Crippen LogP) is -0.488. The Kier molecular flexibility index (Phi) is 2.90. The van der Waals surface area contributed by atoms with Crippen LogP contribution in [0.15, 0.2) is 0 Å². The van der Waals surface area contributed by atoms with E-state index >= 15 is 0 Å². The largest absolute Gasteiger partial charge is 0.378 e. The molecule has 2 fully saturated rings. The maximum atomic E-state index is 11.5. The predicted molar refractivity (Wildman–Crippen MR) is 53.2 cm³/mol. The number of hydrogen-bond acceptors (Lipinski definition) is 3. The van der Waals surface area contributed by atoms with Gasteiger partial charge >= 0.3 is 0 Å². The van der Waals surface area contributed by atoms with Gasteiger partial charge in [0.05, 0.1) is 19.2 Å². The van der Waals surface area contributed by atoms with Gasteiger partial charge in [-0.3, -0.25) is 9.59 Å². The van der Waals surface area contributed by atoms with Crippen LogP contribution in [-0.4, -0.2) is 48.6 Å². The SMILES string of the molecule is CCOC1CC(N2CC(=O)NCC2=O)C1. The fourth-order valence-electron chi connectivity index (χ4n) is 2.07. The number of carbonyl (C=O) groups is 2. The standard InChI is InChI=1S/C10H16N2O3/c1-2-15-8-3-7(4-8)12-6-9(13)11-5-10(12)14/h7-8H,2-6H2,1H3,(H,11,13). The molecule has 84 valence electrons. The van der Waals surface area contributed by atoms with Gasteiger partial charge in [0.2, 0.25) is 11.8 Å². The molecule has 5 heteroatoms. The number of piperazine rings is 1. The van der Waals surface area contributed by atoms with Crippen molar-refractivity contribution in [1.29, 1.82) is 0 Å². The molecular weight excluding hydrogens is 196 g/mol. The van der Waals surface area contributed by atoms with Gasteiger partial charge in [-0.05, 0) is 19.8 Å². The Labute approximate surface area is 88.8 Å². The third-order valence-electron chi connectivity index (χ3n) is 2.98. The lowest BCUT2D eigenvalue weighted by molar-refractivity contribution is -0.148. The molecule has 1 saturated heterocycles. The van der Waals surface area contributed by atoms with E-state index in [0.717, 1.165) is 12.8 Å². The lowest BCUT2D eigenvalue weighted by Crippen LogP contribution is -2.59. The van der Waals surface area contributed by atoms with Crippen LogP contribution >= 0.6 is 0 Å². The normalized spacial score (nSPS) is 31.1. The summed E-state index contributed by atoms with van der Waals surface area (Å²) in [5.74, 6) is -0.0380. The number of carbonyl (C=O) groups excluding carboxylic acids is 2. The van der Waals surface area contributed by atoms with Gasteiger partial charge in [-0.1, -0.05) is 0 Å². The van der Waals surface area contributed by atoms with Crippen LogP contribution in [0.4, 0.5) is 0 Å². The van der Waals surface area contributed by atoms with Crippen molar-refractivity contribution in [1.82, 2.24) is 10.2 Å². The fourth-order valence-corrected chi connectivity index (χ4v) is 2.07. The zero-order chi connectivity index (χ0) is 10.8. The van der Waals surface area contributed by atoms with Crippen LogP contribution in [-0.2, 0) is 14.3 Å². The molecule has 5 nitrogen and oxygen atoms in total. The second-order valence-electron chi connectivity index (χ2n) is 4.00. The molecular formula is C10H16N2O3. The van der Waals surface area contributed by atoms with Crippen molar-refractivity contribution < 1.29 is 14.3 Å². The highest BCUT2D eigenvalue weighted by atomic mass is 16.5. The Morgan fingerprint density at radius 2 is 2.20 bits per heavy atom. The topological polar surface area (TPSA) is 58.6 Å². The van der Waals surface area contributed by atoms with E-state index in [2.05, 4.69) is 5.32 Å². The maximum absolute atomic E-state index is 11.5. The summed E-state index contributed by atoms with van der Waals surface area (Å²) in [5.41, 5.74) is 0. The van der Waals surface area contributed by atoms with Gasteiger partial charge in [-0.15, -0.1) is 0 Å². The van der Waals surface area contributed by atoms with E-state index in [0.29, 0.717) is 6.61 Å². The number of ether oxygens (including phenoxy) is 1. The van der Waals surface area contributed by atoms with E-state index in [9.17, 15) is 9.59 Å². The minimum absolute atomic E-state index is 0.0227. The molecule has 1 aliphatic carbocycles. The second-order valence-corrected chi connectivity index (χ2v) is 4.00. The van der Waals surface area contributed by atoms with Gasteiger partial charge in [-0.2, -0.15) is 0 Å². The van der Waals surface area contributed by atoms with Gasteiger partial charge in [0.25, 0.3) is 0 Å². The quantitative estimate of drug-likeness (QED) is 0.687. The zero-order valence-corrected chi connectivity index (χ0v) is 8.86. The highest BCUT2D eigenvalue weighted by Crippen LogP contribution is 2.28. The molecule has 2 amide bonds. The molecule has 0 aromatic carbocycles. The summed E-state index contributed by atoms with van der Waals surface area (Å²) >= 11 is 0. The van der Waals surface area contributed by atoms with Crippen LogP contribution in [0.25, 0.3) is 0 Å². The molecule has 0 radical (unpaired) electrons. The Bertz CT molecular complexity index is 274. The van der Waals surface area contributed by atoms with Crippen molar-refractivity contribution in [3.63, 3.8) is 0 Å². The Morgan fingerprint density at radius 3 is 2.87 bits per heavy atom. The molecule has 0 unspecified atom stereocenters. The van der Waals surface area contributed by atoms with Gasteiger partial charge in [0.1, 0.15) is 0 Å². The number of rotatable bonds is 3. The average Bonchev–Trinajstić information content (AvgIpc) is 2.15. The van der Waals surface area contributed by atoms with Crippen molar-refractivity contribution in [3.05, 3.63) is 0 Å². The summed E-state index contributed by atoms with van der Waals surface area (Å²) in [7, 11) is 0. The fraction of sp³-hybridized carbons (Fsp3) is 0.800. The second kappa shape index (κ2) is 4.18. The van der Waals surface area contributed by atoms with E-state index in [-0.39, 0.29) is 37.0 Å². The third kappa shape index (κ3) is 2.12. The van der Waals surface area contributed by atoms with Crippen molar-refractivity contribution >= 4 is 11.8 Å². The molecule has 1 aliphatic heterocycles. The monoisotopic (exact) mass is 212 g/mol. The van der Waals surface area contributed by atoms with Crippen molar-refractivity contribution in [2.45, 2.75) is 31.9 Å². The summed E-state index contributed by atoms with van der Waals surface area (Å²) in [5, 5.41) is 2.54. The summed E-state index contributed by atoms with van der Waals surface area (Å²) in [4.78, 5) is 24.3. The third-order valence-corrected chi connectivity index (χ3v) is 2.98. The number of hydrogen-bond donors (Lipinski definition) is 1. The number of nitrogens with zero attached hydrogens (tertiary/aromatic N) is 1. The van der Waals surface area contributed by atoms with Crippen LogP contribution in [0.1, 0.15) is 19.8 Å². The summed E-state index contributed by atoms with van der Waals surface area (Å²) < 4.78 is 5.42. The maximum Gasteiger partial charge on any atom is 0.242 e. The first-order valence-corrected chi connectivity index (χ1v) is 5.38. The molecule has 1 saturated carbocycles. The minimum atomic E-state index is -0.0607. The van der Waals surface area contributed by atoms with Gasteiger partial charge in [-0.25, -0.2) is 0 Å². The average molecular weight is 212 g/mol. The van der Waals surface area contributed by atoms with E-state index < -0.39 is 0 Å². The van der Waals surface area contributed by atoms with Crippen molar-refractivity contribution in [2.24, 2.45) is 0 Å². The molecule has 2 aliphatic rings. The van der Waals surface area contributed by atoms with Gasteiger partial charge < -0.3 is 15.0 Å². The molecule has 0 atom stereocenters. The molecule has 0 spiro atoms. The van der Waals surface area contributed by atoms with Crippen LogP contribution in [0, 0.1) is 0 Å². The van der Waals surface area contributed by atoms with E-state index in [1.807, 2.05) is 6.92 Å². The lowest BCUT2D eigenvalue weighted by Gasteiger charge is -2.43. The van der Waals surface area contributed by atoms with Crippen LogP contribution in [0.2, 0.25) is 0 Å². The highest BCUT2D eigenvalue weighted by molar-refractivity contribution is 5.92. The highest BCUT2D eigenvalue weighted by Gasteiger charge is 2.38. The minimum Gasteiger partial charge on any atom is -0.378 e. The zero-order valence-electron chi connectivity index (χ0n) is 8.86. The van der Waals surface area contributed by atoms with E-state index in [4.69, 9.17) is 4.74 Å². The van der Waals surface area contributed by atoms with Crippen LogP contribution in [0.3, 0.4) is 0 Å². The number of amides is 2. The molecule has 0 aromatic heterocycles. The van der Waals surface area contributed by atoms with Crippen molar-refractivity contribution in [2.75, 3.05) is 19.7 Å². The van der Waals surface area contributed by atoms with E-state index in [1.165, 1.54) is 0 Å². The van der Waals surface area contributed by atoms with Gasteiger partial charge in [0.15, 0.2) is 0 Å². The smallest absolute Gasteiger partial charge is 0.242 e. The lowest BCUT2D eigenvalue weighted by atomic mass is 9.87. The molecule has 1 N–H and O–H groups in total. The Balaban J connectivity index is 1.84. The first kappa shape index (κ1) is 10.4. The summed E-state index contributed by atoms with van der Waals surface area (Å²) in [6.07, 6.45) is 2.01. The molecule has 2 rings (SSSR count).